The molecule has 0 aliphatic carbocycles. The van der Waals surface area contributed by atoms with Gasteiger partial charge in [-0.15, -0.1) is 0 Å². The van der Waals surface area contributed by atoms with Crippen molar-refractivity contribution in [3.05, 3.63) is 59.7 Å². The number of ketones is 1. The highest BCUT2D eigenvalue weighted by Gasteiger charge is 2.04. The van der Waals surface area contributed by atoms with Gasteiger partial charge in [-0.1, -0.05) is 24.3 Å². The fraction of sp³-hybridized carbons (Fsp3) is 0.263. The molecule has 0 aliphatic rings. The van der Waals surface area contributed by atoms with Crippen LogP contribution in [-0.2, 0) is 11.2 Å². The molecule has 2 aromatic carbocycles. The molecule has 0 fully saturated rings. The molecule has 0 saturated heterocycles. The smallest absolute Gasteiger partial charge is 0.335 e. The van der Waals surface area contributed by atoms with Crippen LogP contribution in [0.3, 0.4) is 0 Å². The number of aromatic hydroxyl groups is 1. The SMILES string of the molecule is CCOc1cc(CCC(C)=O)ccc1O.O=C(O)c1ccccc1. The van der Waals surface area contributed by atoms with E-state index in [1.807, 2.05) is 6.92 Å². The number of phenols is 1. The van der Waals surface area contributed by atoms with Gasteiger partial charge in [0.1, 0.15) is 5.78 Å². The van der Waals surface area contributed by atoms with Gasteiger partial charge in [0.25, 0.3) is 0 Å². The molecular weight excluding hydrogens is 308 g/mol. The van der Waals surface area contributed by atoms with E-state index in [1.54, 1.807) is 55.5 Å². The summed E-state index contributed by atoms with van der Waals surface area (Å²) in [5.74, 6) is -0.0846. The quantitative estimate of drug-likeness (QED) is 0.844. The maximum absolute atomic E-state index is 10.8. The van der Waals surface area contributed by atoms with Crippen molar-refractivity contribution in [1.29, 1.82) is 0 Å². The van der Waals surface area contributed by atoms with Gasteiger partial charge in [0.15, 0.2) is 11.5 Å². The minimum absolute atomic E-state index is 0.142. The summed E-state index contributed by atoms with van der Waals surface area (Å²) in [6.45, 7) is 3.95. The van der Waals surface area contributed by atoms with Crippen LogP contribution in [0.25, 0.3) is 0 Å². The fourth-order valence-electron chi connectivity index (χ4n) is 1.89. The maximum atomic E-state index is 10.8. The van der Waals surface area contributed by atoms with Gasteiger partial charge in [-0.05, 0) is 50.1 Å². The second-order valence-corrected chi connectivity index (χ2v) is 5.11. The van der Waals surface area contributed by atoms with E-state index in [9.17, 15) is 14.7 Å². The molecule has 0 unspecified atom stereocenters. The molecule has 128 valence electrons. The van der Waals surface area contributed by atoms with E-state index in [2.05, 4.69) is 0 Å². The highest BCUT2D eigenvalue weighted by Crippen LogP contribution is 2.27. The third-order valence-corrected chi connectivity index (χ3v) is 3.11. The van der Waals surface area contributed by atoms with Gasteiger partial charge in [-0.25, -0.2) is 4.79 Å². The molecule has 2 N–H and O–H groups in total. The minimum Gasteiger partial charge on any atom is -0.504 e. The monoisotopic (exact) mass is 330 g/mol. The normalized spacial score (nSPS) is 9.58. The molecule has 2 aromatic rings. The van der Waals surface area contributed by atoms with Gasteiger partial charge >= 0.3 is 5.97 Å². The number of hydrogen-bond donors (Lipinski definition) is 2. The Balaban J connectivity index is 0.000000272. The molecule has 0 amide bonds. The first-order valence-electron chi connectivity index (χ1n) is 7.66. The van der Waals surface area contributed by atoms with E-state index in [1.165, 1.54) is 0 Å². The number of phenolic OH excluding ortho intramolecular Hbond substituents is 1. The summed E-state index contributed by atoms with van der Waals surface area (Å²) in [6, 6.07) is 13.5. The Kier molecular flexibility index (Phi) is 8.05. The Morgan fingerprint density at radius 2 is 1.75 bits per heavy atom. The van der Waals surface area contributed by atoms with Crippen molar-refractivity contribution in [2.75, 3.05) is 6.61 Å². The lowest BCUT2D eigenvalue weighted by molar-refractivity contribution is -0.116. The number of aromatic carboxylic acids is 1. The van der Waals surface area contributed by atoms with Crippen LogP contribution in [-0.4, -0.2) is 28.6 Å². The second kappa shape index (κ2) is 10.0. The van der Waals surface area contributed by atoms with Crippen molar-refractivity contribution in [2.24, 2.45) is 0 Å². The summed E-state index contributed by atoms with van der Waals surface area (Å²) < 4.78 is 5.25. The number of Topliss-reactive ketones (excluding diaryl/α,β-unsaturated/α-hetero) is 1. The zero-order chi connectivity index (χ0) is 17.9. The second-order valence-electron chi connectivity index (χ2n) is 5.11. The Labute approximate surface area is 141 Å². The van der Waals surface area contributed by atoms with Gasteiger partial charge in [0.2, 0.25) is 0 Å². The maximum Gasteiger partial charge on any atom is 0.335 e. The fourth-order valence-corrected chi connectivity index (χ4v) is 1.89. The van der Waals surface area contributed by atoms with Crippen LogP contribution in [0.5, 0.6) is 11.5 Å². The molecule has 0 radical (unpaired) electrons. The summed E-state index contributed by atoms with van der Waals surface area (Å²) in [6.07, 6.45) is 1.21. The molecule has 0 aromatic heterocycles. The van der Waals surface area contributed by atoms with Crippen LogP contribution in [0, 0.1) is 0 Å². The third kappa shape index (κ3) is 6.96. The molecule has 5 nitrogen and oxygen atoms in total. The summed E-state index contributed by atoms with van der Waals surface area (Å²) in [5, 5.41) is 17.8. The van der Waals surface area contributed by atoms with Crippen molar-refractivity contribution in [3.63, 3.8) is 0 Å². The van der Waals surface area contributed by atoms with E-state index in [0.29, 0.717) is 30.8 Å². The van der Waals surface area contributed by atoms with Crippen molar-refractivity contribution < 1.29 is 24.5 Å². The van der Waals surface area contributed by atoms with Crippen LogP contribution in [0.2, 0.25) is 0 Å². The van der Waals surface area contributed by atoms with Crippen LogP contribution in [0.4, 0.5) is 0 Å². The van der Waals surface area contributed by atoms with Crippen LogP contribution < -0.4 is 4.74 Å². The molecular formula is C19H22O5. The van der Waals surface area contributed by atoms with Crippen molar-refractivity contribution in [3.8, 4) is 11.5 Å². The van der Waals surface area contributed by atoms with Gasteiger partial charge in [-0.2, -0.15) is 0 Å². The number of ether oxygens (including phenoxy) is 1. The number of rotatable bonds is 6. The van der Waals surface area contributed by atoms with Gasteiger partial charge < -0.3 is 19.7 Å². The Hall–Kier alpha value is -2.82. The molecule has 0 bridgehead atoms. The van der Waals surface area contributed by atoms with Crippen molar-refractivity contribution >= 4 is 11.8 Å². The summed E-state index contributed by atoms with van der Waals surface area (Å²) in [4.78, 5) is 21.0. The van der Waals surface area contributed by atoms with E-state index in [-0.39, 0.29) is 11.5 Å². The van der Waals surface area contributed by atoms with Crippen LogP contribution in [0.15, 0.2) is 48.5 Å². The molecule has 0 atom stereocenters. The highest BCUT2D eigenvalue weighted by molar-refractivity contribution is 5.87. The number of carboxylic acid groups (broad SMARTS) is 1. The van der Waals surface area contributed by atoms with Crippen LogP contribution in [0.1, 0.15) is 36.2 Å². The molecule has 0 spiro atoms. The topological polar surface area (TPSA) is 83.8 Å². The first-order valence-corrected chi connectivity index (χ1v) is 7.66. The lowest BCUT2D eigenvalue weighted by Crippen LogP contribution is -1.96. The average Bonchev–Trinajstić information content (AvgIpc) is 2.57. The number of benzene rings is 2. The lowest BCUT2D eigenvalue weighted by atomic mass is 10.1. The lowest BCUT2D eigenvalue weighted by Gasteiger charge is -2.07. The number of carboxylic acids is 1. The van der Waals surface area contributed by atoms with Crippen molar-refractivity contribution in [1.82, 2.24) is 0 Å². The van der Waals surface area contributed by atoms with E-state index in [4.69, 9.17) is 9.84 Å². The van der Waals surface area contributed by atoms with Gasteiger partial charge in [0, 0.05) is 6.42 Å². The van der Waals surface area contributed by atoms with E-state index >= 15 is 0 Å². The molecule has 0 aliphatic heterocycles. The third-order valence-electron chi connectivity index (χ3n) is 3.11. The minimum atomic E-state index is -0.879. The standard InChI is InChI=1S/C12H16O3.C7H6O2/c1-3-15-12-8-10(5-4-9(2)13)6-7-11(12)14;8-7(9)6-4-2-1-3-5-6/h6-8,14H,3-5H2,1-2H3;1-5H,(H,8,9). The van der Waals surface area contributed by atoms with Crippen LogP contribution >= 0.6 is 0 Å². The first kappa shape index (κ1) is 19.2. The largest absolute Gasteiger partial charge is 0.504 e. The molecule has 24 heavy (non-hydrogen) atoms. The zero-order valence-corrected chi connectivity index (χ0v) is 13.9. The number of hydrogen-bond acceptors (Lipinski definition) is 4. The predicted octanol–water partition coefficient (Wildman–Crippen LogP) is 3.70. The van der Waals surface area contributed by atoms with Crippen molar-refractivity contribution in [2.45, 2.75) is 26.7 Å². The number of carbonyl (C=O) groups excluding carboxylic acids is 1. The predicted molar refractivity (Wildman–Crippen MR) is 91.7 cm³/mol. The molecule has 5 heteroatoms. The Morgan fingerprint density at radius 1 is 1.08 bits per heavy atom. The summed E-state index contributed by atoms with van der Waals surface area (Å²) in [7, 11) is 0. The van der Waals surface area contributed by atoms with E-state index < -0.39 is 5.97 Å². The van der Waals surface area contributed by atoms with E-state index in [0.717, 1.165) is 5.56 Å². The average molecular weight is 330 g/mol. The Morgan fingerprint density at radius 3 is 2.25 bits per heavy atom. The highest BCUT2D eigenvalue weighted by atomic mass is 16.5. The summed E-state index contributed by atoms with van der Waals surface area (Å²) in [5.41, 5.74) is 1.34. The van der Waals surface area contributed by atoms with Gasteiger partial charge in [-0.3, -0.25) is 0 Å². The number of carbonyl (C=O) groups is 2. The summed E-state index contributed by atoms with van der Waals surface area (Å²) >= 11 is 0. The molecule has 0 saturated carbocycles. The first-order chi connectivity index (χ1) is 11.4. The zero-order valence-electron chi connectivity index (χ0n) is 13.9. The number of aryl methyl sites for hydroxylation is 1. The Bertz CT molecular complexity index is 665. The molecule has 0 heterocycles. The molecule has 2 rings (SSSR count). The van der Waals surface area contributed by atoms with Gasteiger partial charge in [0.05, 0.1) is 12.2 Å².